The quantitative estimate of drug-likeness (QED) is 0.557. The summed E-state index contributed by atoms with van der Waals surface area (Å²) in [6.45, 7) is 1.81. The van der Waals surface area contributed by atoms with E-state index < -0.39 is 9.84 Å². The number of hydrogen-bond acceptors (Lipinski definition) is 6. The Morgan fingerprint density at radius 3 is 2.45 bits per heavy atom. The van der Waals surface area contributed by atoms with Gasteiger partial charge in [-0.3, -0.25) is 4.79 Å². The van der Waals surface area contributed by atoms with Crippen LogP contribution in [0.3, 0.4) is 0 Å². The molecule has 1 amide bonds. The standard InChI is InChI=1S/C20H22N4O3S2/c1-3-14-9-7-8-12-16(14)22-17(25)13-24-19(21)18(20(23-24)28-2)29(26,27)15-10-5-4-6-11-15/h4-12H,3,13,21H2,1-2H3,(H,22,25). The first kappa shape index (κ1) is 20.9. The van der Waals surface area contributed by atoms with Crippen molar-refractivity contribution in [1.82, 2.24) is 9.78 Å². The lowest BCUT2D eigenvalue weighted by Crippen LogP contribution is -2.21. The van der Waals surface area contributed by atoms with E-state index in [1.54, 1.807) is 24.5 Å². The van der Waals surface area contributed by atoms with Gasteiger partial charge in [0.1, 0.15) is 22.3 Å². The van der Waals surface area contributed by atoms with Gasteiger partial charge in [-0.1, -0.05) is 43.3 Å². The zero-order valence-electron chi connectivity index (χ0n) is 16.1. The summed E-state index contributed by atoms with van der Waals surface area (Å²) in [4.78, 5) is 12.6. The fourth-order valence-electron chi connectivity index (χ4n) is 2.94. The SMILES string of the molecule is CCc1ccccc1NC(=O)Cn1nc(SC)c(S(=O)(=O)c2ccccc2)c1N. The number of hydrogen-bond donors (Lipinski definition) is 2. The summed E-state index contributed by atoms with van der Waals surface area (Å²) in [7, 11) is -3.86. The number of carbonyl (C=O) groups is 1. The van der Waals surface area contributed by atoms with Crippen molar-refractivity contribution in [2.75, 3.05) is 17.3 Å². The second-order valence-corrected chi connectivity index (χ2v) is 8.94. The van der Waals surface area contributed by atoms with Crippen molar-refractivity contribution >= 4 is 39.0 Å². The van der Waals surface area contributed by atoms with Gasteiger partial charge in [0, 0.05) is 5.69 Å². The Labute approximate surface area is 174 Å². The van der Waals surface area contributed by atoms with Gasteiger partial charge in [0.15, 0.2) is 0 Å². The maximum atomic E-state index is 13.1. The van der Waals surface area contributed by atoms with Crippen LogP contribution >= 0.6 is 11.8 Å². The number of rotatable bonds is 7. The van der Waals surface area contributed by atoms with Crippen molar-refractivity contribution in [3.05, 3.63) is 60.2 Å². The van der Waals surface area contributed by atoms with Crippen LogP contribution in [0.5, 0.6) is 0 Å². The largest absolute Gasteiger partial charge is 0.383 e. The summed E-state index contributed by atoms with van der Waals surface area (Å²) in [6.07, 6.45) is 2.49. The molecule has 0 fully saturated rings. The zero-order chi connectivity index (χ0) is 21.0. The average molecular weight is 431 g/mol. The summed E-state index contributed by atoms with van der Waals surface area (Å²) in [5, 5.41) is 7.36. The van der Waals surface area contributed by atoms with Gasteiger partial charge in [0.05, 0.1) is 4.90 Å². The summed E-state index contributed by atoms with van der Waals surface area (Å²) < 4.78 is 27.3. The van der Waals surface area contributed by atoms with E-state index in [1.807, 2.05) is 31.2 Å². The number of para-hydroxylation sites is 1. The van der Waals surface area contributed by atoms with Crippen molar-refractivity contribution in [2.45, 2.75) is 34.7 Å². The van der Waals surface area contributed by atoms with Crippen LogP contribution in [-0.4, -0.2) is 30.4 Å². The van der Waals surface area contributed by atoms with Crippen LogP contribution in [0, 0.1) is 0 Å². The first-order valence-corrected chi connectivity index (χ1v) is 11.7. The third kappa shape index (κ3) is 4.30. The molecule has 0 aliphatic heterocycles. The highest BCUT2D eigenvalue weighted by molar-refractivity contribution is 7.99. The van der Waals surface area contributed by atoms with Crippen LogP contribution in [0.15, 0.2) is 69.4 Å². The Balaban J connectivity index is 1.91. The number of nitrogens with zero attached hydrogens (tertiary/aromatic N) is 2. The van der Waals surface area contributed by atoms with Gasteiger partial charge in [0.25, 0.3) is 0 Å². The van der Waals surface area contributed by atoms with Crippen molar-refractivity contribution in [1.29, 1.82) is 0 Å². The van der Waals surface area contributed by atoms with Crippen LogP contribution in [0.1, 0.15) is 12.5 Å². The molecule has 0 aliphatic carbocycles. The highest BCUT2D eigenvalue weighted by Crippen LogP contribution is 2.33. The summed E-state index contributed by atoms with van der Waals surface area (Å²) in [6, 6.07) is 15.5. The normalized spacial score (nSPS) is 11.4. The third-order valence-corrected chi connectivity index (χ3v) is 7.03. The van der Waals surface area contributed by atoms with E-state index in [4.69, 9.17) is 5.73 Å². The molecule has 0 saturated carbocycles. The second-order valence-electron chi connectivity index (χ2n) is 6.26. The Kier molecular flexibility index (Phi) is 6.29. The zero-order valence-corrected chi connectivity index (χ0v) is 17.8. The fourth-order valence-corrected chi connectivity index (χ4v) is 5.39. The van der Waals surface area contributed by atoms with Gasteiger partial charge in [-0.25, -0.2) is 13.1 Å². The minimum atomic E-state index is -3.86. The Bertz CT molecular complexity index is 1130. The minimum absolute atomic E-state index is 0.0582. The number of benzene rings is 2. The molecule has 7 nitrogen and oxygen atoms in total. The molecule has 3 N–H and O–H groups in total. The van der Waals surface area contributed by atoms with Crippen molar-refractivity contribution in [2.24, 2.45) is 0 Å². The van der Waals surface area contributed by atoms with Crippen molar-refractivity contribution in [3.8, 4) is 0 Å². The number of thioether (sulfide) groups is 1. The molecule has 0 unspecified atom stereocenters. The second kappa shape index (κ2) is 8.71. The van der Waals surface area contributed by atoms with Crippen molar-refractivity contribution in [3.63, 3.8) is 0 Å². The molecule has 1 aromatic heterocycles. The van der Waals surface area contributed by atoms with E-state index in [2.05, 4.69) is 10.4 Å². The van der Waals surface area contributed by atoms with Gasteiger partial charge >= 0.3 is 0 Å². The number of amides is 1. The predicted octanol–water partition coefficient (Wildman–Crippen LogP) is 3.22. The number of nitrogens with one attached hydrogen (secondary N) is 1. The maximum absolute atomic E-state index is 13.1. The van der Waals surface area contributed by atoms with Crippen LogP contribution in [0.2, 0.25) is 0 Å². The van der Waals surface area contributed by atoms with Crippen LogP contribution in [-0.2, 0) is 27.6 Å². The number of carbonyl (C=O) groups excluding carboxylic acids is 1. The van der Waals surface area contributed by atoms with Crippen LogP contribution in [0.4, 0.5) is 11.5 Å². The molecule has 0 aliphatic rings. The predicted molar refractivity (Wildman–Crippen MR) is 115 cm³/mol. The van der Waals surface area contributed by atoms with E-state index in [0.29, 0.717) is 5.69 Å². The summed E-state index contributed by atoms with van der Waals surface area (Å²) >= 11 is 1.17. The highest BCUT2D eigenvalue weighted by atomic mass is 32.2. The lowest BCUT2D eigenvalue weighted by Gasteiger charge is -2.10. The van der Waals surface area contributed by atoms with Gasteiger partial charge < -0.3 is 11.1 Å². The first-order valence-electron chi connectivity index (χ1n) is 8.96. The number of nitrogens with two attached hydrogens (primary N) is 1. The van der Waals surface area contributed by atoms with Crippen LogP contribution < -0.4 is 11.1 Å². The van der Waals surface area contributed by atoms with E-state index in [0.717, 1.165) is 12.0 Å². The maximum Gasteiger partial charge on any atom is 0.246 e. The molecule has 29 heavy (non-hydrogen) atoms. The monoisotopic (exact) mass is 430 g/mol. The molecule has 0 saturated heterocycles. The molecule has 0 bridgehead atoms. The number of aromatic nitrogens is 2. The average Bonchev–Trinajstić information content (AvgIpc) is 3.05. The molecule has 3 aromatic rings. The van der Waals surface area contributed by atoms with E-state index in [-0.39, 0.29) is 33.1 Å². The third-order valence-electron chi connectivity index (χ3n) is 4.40. The molecule has 152 valence electrons. The van der Waals surface area contributed by atoms with Gasteiger partial charge in [-0.15, -0.1) is 11.8 Å². The topological polar surface area (TPSA) is 107 Å². The Morgan fingerprint density at radius 2 is 1.79 bits per heavy atom. The van der Waals surface area contributed by atoms with Crippen molar-refractivity contribution < 1.29 is 13.2 Å². The van der Waals surface area contributed by atoms with E-state index in [1.165, 1.54) is 28.6 Å². The smallest absolute Gasteiger partial charge is 0.246 e. The fraction of sp³-hybridized carbons (Fsp3) is 0.200. The number of aryl methyl sites for hydroxylation is 1. The lowest BCUT2D eigenvalue weighted by molar-refractivity contribution is -0.116. The van der Waals surface area contributed by atoms with Gasteiger partial charge in [-0.05, 0) is 36.4 Å². The van der Waals surface area contributed by atoms with Gasteiger partial charge in [0.2, 0.25) is 15.7 Å². The van der Waals surface area contributed by atoms with E-state index >= 15 is 0 Å². The lowest BCUT2D eigenvalue weighted by atomic mass is 10.1. The highest BCUT2D eigenvalue weighted by Gasteiger charge is 2.29. The number of anilines is 2. The van der Waals surface area contributed by atoms with E-state index in [9.17, 15) is 13.2 Å². The molecule has 0 spiro atoms. The molecule has 3 rings (SSSR count). The molecule has 1 heterocycles. The number of sulfone groups is 1. The summed E-state index contributed by atoms with van der Waals surface area (Å²) in [5.41, 5.74) is 7.85. The van der Waals surface area contributed by atoms with Crippen LogP contribution in [0.25, 0.3) is 0 Å². The first-order chi connectivity index (χ1) is 13.9. The molecule has 9 heteroatoms. The molecule has 2 aromatic carbocycles. The van der Waals surface area contributed by atoms with Gasteiger partial charge in [-0.2, -0.15) is 5.10 Å². The number of nitrogen functional groups attached to an aromatic ring is 1. The molecular formula is C20H22N4O3S2. The Morgan fingerprint density at radius 1 is 1.14 bits per heavy atom. The minimum Gasteiger partial charge on any atom is -0.383 e. The molecule has 0 atom stereocenters. The molecular weight excluding hydrogens is 408 g/mol. The summed E-state index contributed by atoms with van der Waals surface area (Å²) in [5.74, 6) is -0.395. The Hall–Kier alpha value is -2.78. The molecule has 0 radical (unpaired) electrons.